The standard InChI is InChI=1S/C8H7Cl2N3O2.ClH/c9-4-1-3(2-5(10)6(4)14)7(15)13-8(11)12;/h1-2,14H,(H4,11,12,13,15);1H. The average Bonchev–Trinajstić information content (AvgIpc) is 2.12. The second kappa shape index (κ2) is 5.79. The number of hydrogen-bond acceptors (Lipinski definition) is 2. The third-order valence-electron chi connectivity index (χ3n) is 1.49. The molecule has 0 aliphatic carbocycles. The Morgan fingerprint density at radius 2 is 1.69 bits per heavy atom. The van der Waals surface area contributed by atoms with Crippen LogP contribution in [0, 0.1) is 0 Å². The summed E-state index contributed by atoms with van der Waals surface area (Å²) in [6, 6.07) is 2.44. The highest BCUT2D eigenvalue weighted by molar-refractivity contribution is 6.37. The second-order valence-corrected chi connectivity index (χ2v) is 3.44. The molecule has 8 heteroatoms. The molecular formula is C8H8Cl3N3O2. The van der Waals surface area contributed by atoms with E-state index in [0.29, 0.717) is 0 Å². The molecule has 5 N–H and O–H groups in total. The molecule has 5 nitrogen and oxygen atoms in total. The van der Waals surface area contributed by atoms with Crippen molar-refractivity contribution in [1.29, 1.82) is 0 Å². The number of hydrogen-bond donors (Lipinski definition) is 3. The van der Waals surface area contributed by atoms with E-state index in [1.54, 1.807) is 0 Å². The summed E-state index contributed by atoms with van der Waals surface area (Å²) in [6.07, 6.45) is 0. The molecule has 0 atom stereocenters. The number of guanidine groups is 1. The highest BCUT2D eigenvalue weighted by atomic mass is 35.5. The lowest BCUT2D eigenvalue weighted by molar-refractivity contribution is 0.100. The summed E-state index contributed by atoms with van der Waals surface area (Å²) in [5, 5.41) is 9.14. The topological polar surface area (TPSA) is 102 Å². The lowest BCUT2D eigenvalue weighted by Gasteiger charge is -2.02. The largest absolute Gasteiger partial charge is 0.505 e. The number of phenols is 1. The van der Waals surface area contributed by atoms with Crippen molar-refractivity contribution < 1.29 is 9.90 Å². The van der Waals surface area contributed by atoms with Crippen LogP contribution in [0.4, 0.5) is 0 Å². The number of benzene rings is 1. The van der Waals surface area contributed by atoms with Crippen molar-refractivity contribution >= 4 is 47.5 Å². The fraction of sp³-hybridized carbons (Fsp3) is 0. The molecule has 0 unspecified atom stereocenters. The number of carbonyl (C=O) groups excluding carboxylic acids is 1. The molecule has 0 fully saturated rings. The van der Waals surface area contributed by atoms with Gasteiger partial charge >= 0.3 is 0 Å². The predicted molar refractivity (Wildman–Crippen MR) is 65.5 cm³/mol. The molecule has 0 spiro atoms. The molecule has 0 aromatic heterocycles. The van der Waals surface area contributed by atoms with Crippen LogP contribution in [0.25, 0.3) is 0 Å². The lowest BCUT2D eigenvalue weighted by Crippen LogP contribution is -2.24. The highest BCUT2D eigenvalue weighted by Crippen LogP contribution is 2.32. The van der Waals surface area contributed by atoms with Gasteiger partial charge in [-0.25, -0.2) is 0 Å². The zero-order valence-corrected chi connectivity index (χ0v) is 10.1. The summed E-state index contributed by atoms with van der Waals surface area (Å²) in [6.45, 7) is 0. The first-order valence-corrected chi connectivity index (χ1v) is 4.49. The number of aromatic hydroxyl groups is 1. The quantitative estimate of drug-likeness (QED) is 0.537. The summed E-state index contributed by atoms with van der Waals surface area (Å²) < 4.78 is 0. The van der Waals surface area contributed by atoms with Gasteiger partial charge in [0.05, 0.1) is 10.0 Å². The third-order valence-corrected chi connectivity index (χ3v) is 2.07. The Bertz CT molecular complexity index is 421. The number of amides is 1. The van der Waals surface area contributed by atoms with Crippen molar-refractivity contribution in [2.45, 2.75) is 0 Å². The number of rotatable bonds is 1. The van der Waals surface area contributed by atoms with Crippen LogP contribution >= 0.6 is 35.6 Å². The maximum absolute atomic E-state index is 11.3. The highest BCUT2D eigenvalue weighted by Gasteiger charge is 2.11. The number of phenolic OH excluding ortho intramolecular Hbond substituents is 1. The van der Waals surface area contributed by atoms with Crippen molar-refractivity contribution in [2.24, 2.45) is 16.5 Å². The molecule has 1 amide bonds. The monoisotopic (exact) mass is 283 g/mol. The van der Waals surface area contributed by atoms with Crippen LogP contribution in [0.1, 0.15) is 10.4 Å². The summed E-state index contributed by atoms with van der Waals surface area (Å²) in [7, 11) is 0. The molecule has 0 heterocycles. The lowest BCUT2D eigenvalue weighted by atomic mass is 10.2. The first kappa shape index (κ1) is 14.8. The fourth-order valence-corrected chi connectivity index (χ4v) is 1.36. The second-order valence-electron chi connectivity index (χ2n) is 2.63. The molecule has 0 saturated carbocycles. The summed E-state index contributed by atoms with van der Waals surface area (Å²) >= 11 is 11.2. The van der Waals surface area contributed by atoms with E-state index in [0.717, 1.165) is 0 Å². The molecule has 1 aromatic rings. The van der Waals surface area contributed by atoms with Crippen LogP contribution in [0.5, 0.6) is 5.75 Å². The molecule has 88 valence electrons. The molecular weight excluding hydrogens is 276 g/mol. The van der Waals surface area contributed by atoms with Gasteiger partial charge in [0, 0.05) is 5.56 Å². The van der Waals surface area contributed by atoms with E-state index in [2.05, 4.69) is 4.99 Å². The number of nitrogens with two attached hydrogens (primary N) is 2. The Morgan fingerprint density at radius 3 is 2.06 bits per heavy atom. The normalized spacial score (nSPS) is 9.12. The van der Waals surface area contributed by atoms with Gasteiger partial charge in [-0.3, -0.25) is 4.79 Å². The van der Waals surface area contributed by atoms with Crippen molar-refractivity contribution in [1.82, 2.24) is 0 Å². The van der Waals surface area contributed by atoms with Gasteiger partial charge in [0.25, 0.3) is 5.91 Å². The van der Waals surface area contributed by atoms with E-state index >= 15 is 0 Å². The van der Waals surface area contributed by atoms with E-state index in [-0.39, 0.29) is 39.7 Å². The average molecular weight is 285 g/mol. The minimum atomic E-state index is -0.682. The predicted octanol–water partition coefficient (Wildman–Crippen LogP) is 1.53. The zero-order chi connectivity index (χ0) is 11.6. The summed E-state index contributed by atoms with van der Waals surface area (Å²) in [5.41, 5.74) is 10.2. The Hall–Kier alpha value is -1.17. The van der Waals surface area contributed by atoms with Crippen LogP contribution in [0.15, 0.2) is 17.1 Å². The van der Waals surface area contributed by atoms with Gasteiger partial charge in [0.2, 0.25) is 0 Å². The van der Waals surface area contributed by atoms with Gasteiger partial charge in [-0.1, -0.05) is 23.2 Å². The van der Waals surface area contributed by atoms with Gasteiger partial charge in [0.15, 0.2) is 11.7 Å². The van der Waals surface area contributed by atoms with E-state index in [4.69, 9.17) is 34.7 Å². The van der Waals surface area contributed by atoms with Crippen molar-refractivity contribution in [2.75, 3.05) is 0 Å². The minimum absolute atomic E-state index is 0. The first-order chi connectivity index (χ1) is 6.91. The SMILES string of the molecule is Cl.NC(N)=NC(=O)c1cc(Cl)c(O)c(Cl)c1. The molecule has 1 aromatic carbocycles. The number of carbonyl (C=O) groups is 1. The smallest absolute Gasteiger partial charge is 0.280 e. The Labute approximate surface area is 107 Å². The van der Waals surface area contributed by atoms with E-state index < -0.39 is 5.91 Å². The van der Waals surface area contributed by atoms with Crippen LogP contribution in [0.3, 0.4) is 0 Å². The molecule has 0 aliphatic heterocycles. The van der Waals surface area contributed by atoms with Crippen molar-refractivity contribution in [3.05, 3.63) is 27.7 Å². The molecule has 1 rings (SSSR count). The van der Waals surface area contributed by atoms with E-state index in [9.17, 15) is 9.90 Å². The van der Waals surface area contributed by atoms with Gasteiger partial charge in [-0.05, 0) is 12.1 Å². The molecule has 16 heavy (non-hydrogen) atoms. The van der Waals surface area contributed by atoms with Crippen LogP contribution in [-0.2, 0) is 0 Å². The summed E-state index contributed by atoms with van der Waals surface area (Å²) in [4.78, 5) is 14.6. The van der Waals surface area contributed by atoms with Gasteiger partial charge in [-0.15, -0.1) is 12.4 Å². The van der Waals surface area contributed by atoms with Crippen LogP contribution < -0.4 is 11.5 Å². The molecule has 0 bridgehead atoms. The van der Waals surface area contributed by atoms with Gasteiger partial charge < -0.3 is 16.6 Å². The van der Waals surface area contributed by atoms with Gasteiger partial charge in [-0.2, -0.15) is 4.99 Å². The first-order valence-electron chi connectivity index (χ1n) is 3.73. The molecule has 0 saturated heterocycles. The maximum Gasteiger partial charge on any atom is 0.280 e. The Kier molecular flexibility index (Phi) is 5.37. The third kappa shape index (κ3) is 3.44. The number of aliphatic imine (C=N–C) groups is 1. The minimum Gasteiger partial charge on any atom is -0.505 e. The van der Waals surface area contributed by atoms with Gasteiger partial charge in [0.1, 0.15) is 0 Å². The molecule has 0 radical (unpaired) electrons. The van der Waals surface area contributed by atoms with E-state index in [1.165, 1.54) is 12.1 Å². The van der Waals surface area contributed by atoms with Crippen LogP contribution in [0.2, 0.25) is 10.0 Å². The number of halogens is 3. The molecule has 0 aliphatic rings. The maximum atomic E-state index is 11.3. The Morgan fingerprint density at radius 1 is 1.25 bits per heavy atom. The van der Waals surface area contributed by atoms with Crippen molar-refractivity contribution in [3.8, 4) is 5.75 Å². The fourth-order valence-electron chi connectivity index (χ4n) is 0.871. The summed E-state index contributed by atoms with van der Waals surface area (Å²) in [5.74, 6) is -1.33. The number of nitrogens with zero attached hydrogens (tertiary/aromatic N) is 1. The Balaban J connectivity index is 0.00000225. The zero-order valence-electron chi connectivity index (χ0n) is 7.78. The van der Waals surface area contributed by atoms with Crippen LogP contribution in [-0.4, -0.2) is 17.0 Å². The van der Waals surface area contributed by atoms with Crippen molar-refractivity contribution in [3.63, 3.8) is 0 Å². The van der Waals surface area contributed by atoms with E-state index in [1.807, 2.05) is 0 Å².